The van der Waals surface area contributed by atoms with Crippen LogP contribution in [0, 0.1) is 13.8 Å². The Morgan fingerprint density at radius 3 is 2.74 bits per heavy atom. The van der Waals surface area contributed by atoms with Crippen LogP contribution in [0.15, 0.2) is 30.6 Å². The molecular weight excluding hydrogens is 280 g/mol. The number of para-hydroxylation sites is 1. The second kappa shape index (κ2) is 4.79. The predicted octanol–water partition coefficient (Wildman–Crippen LogP) is 4.75. The monoisotopic (exact) mass is 290 g/mol. The zero-order valence-corrected chi connectivity index (χ0v) is 12.0. The van der Waals surface area contributed by atoms with E-state index in [-0.39, 0.29) is 0 Å². The minimum atomic E-state index is 0.556. The van der Waals surface area contributed by atoms with Crippen molar-refractivity contribution in [3.05, 3.63) is 46.1 Å². The molecule has 0 aliphatic carbocycles. The maximum absolute atomic E-state index is 6.10. The van der Waals surface area contributed by atoms with Crippen LogP contribution >= 0.6 is 22.9 Å². The first-order chi connectivity index (χ1) is 9.16. The lowest BCUT2D eigenvalue weighted by atomic mass is 10.2. The molecule has 19 heavy (non-hydrogen) atoms. The van der Waals surface area contributed by atoms with Gasteiger partial charge in [-0.05, 0) is 31.5 Å². The molecule has 0 unspecified atom stereocenters. The molecule has 0 saturated heterocycles. The van der Waals surface area contributed by atoms with Crippen LogP contribution in [0.4, 0.5) is 0 Å². The van der Waals surface area contributed by atoms with Crippen LogP contribution in [0.25, 0.3) is 10.2 Å². The van der Waals surface area contributed by atoms with Gasteiger partial charge in [0.1, 0.15) is 16.9 Å². The van der Waals surface area contributed by atoms with Gasteiger partial charge in [0.2, 0.25) is 5.88 Å². The first-order valence-corrected chi connectivity index (χ1v) is 6.99. The van der Waals surface area contributed by atoms with Crippen LogP contribution < -0.4 is 4.74 Å². The number of thiophene rings is 1. The van der Waals surface area contributed by atoms with E-state index >= 15 is 0 Å². The SMILES string of the molecule is Cc1sc2ncnc(Oc3ccccc3Cl)c2c1C. The van der Waals surface area contributed by atoms with E-state index in [0.29, 0.717) is 16.7 Å². The Morgan fingerprint density at radius 2 is 1.95 bits per heavy atom. The first kappa shape index (κ1) is 12.4. The fourth-order valence-corrected chi connectivity index (χ4v) is 3.02. The molecule has 0 radical (unpaired) electrons. The Kier molecular flexibility index (Phi) is 3.12. The van der Waals surface area contributed by atoms with Crippen LogP contribution in [-0.2, 0) is 0 Å². The van der Waals surface area contributed by atoms with Crippen LogP contribution in [-0.4, -0.2) is 9.97 Å². The zero-order chi connectivity index (χ0) is 13.4. The van der Waals surface area contributed by atoms with Crippen molar-refractivity contribution in [3.63, 3.8) is 0 Å². The number of aryl methyl sites for hydroxylation is 2. The van der Waals surface area contributed by atoms with Crippen LogP contribution in [0.2, 0.25) is 5.02 Å². The van der Waals surface area contributed by atoms with E-state index in [1.165, 1.54) is 11.2 Å². The lowest BCUT2D eigenvalue weighted by Crippen LogP contribution is -1.91. The summed E-state index contributed by atoms with van der Waals surface area (Å²) in [5.41, 5.74) is 1.16. The highest BCUT2D eigenvalue weighted by atomic mass is 35.5. The van der Waals surface area contributed by atoms with Gasteiger partial charge in [-0.1, -0.05) is 23.7 Å². The maximum atomic E-state index is 6.10. The van der Waals surface area contributed by atoms with Crippen molar-refractivity contribution in [2.75, 3.05) is 0 Å². The van der Waals surface area contributed by atoms with E-state index in [9.17, 15) is 0 Å². The summed E-state index contributed by atoms with van der Waals surface area (Å²) >= 11 is 7.75. The third-order valence-corrected chi connectivity index (χ3v) is 4.40. The lowest BCUT2D eigenvalue weighted by Gasteiger charge is -2.07. The average Bonchev–Trinajstić information content (AvgIpc) is 2.69. The molecule has 0 fully saturated rings. The van der Waals surface area contributed by atoms with E-state index in [4.69, 9.17) is 16.3 Å². The van der Waals surface area contributed by atoms with Gasteiger partial charge in [0.05, 0.1) is 10.4 Å². The van der Waals surface area contributed by atoms with E-state index < -0.39 is 0 Å². The fraction of sp³-hybridized carbons (Fsp3) is 0.143. The minimum absolute atomic E-state index is 0.556. The van der Waals surface area contributed by atoms with E-state index in [0.717, 1.165) is 15.8 Å². The number of nitrogens with zero attached hydrogens (tertiary/aromatic N) is 2. The number of hydrogen-bond acceptors (Lipinski definition) is 4. The second-order valence-corrected chi connectivity index (χ2v) is 5.79. The molecule has 0 saturated carbocycles. The van der Waals surface area contributed by atoms with Gasteiger partial charge in [0.15, 0.2) is 0 Å². The van der Waals surface area contributed by atoms with Crippen molar-refractivity contribution in [1.82, 2.24) is 9.97 Å². The van der Waals surface area contributed by atoms with Crippen molar-refractivity contribution in [2.24, 2.45) is 0 Å². The molecule has 0 spiro atoms. The van der Waals surface area contributed by atoms with Crippen molar-refractivity contribution in [2.45, 2.75) is 13.8 Å². The molecule has 0 atom stereocenters. The molecule has 2 aromatic heterocycles. The van der Waals surface area contributed by atoms with Gasteiger partial charge in [0.25, 0.3) is 0 Å². The van der Waals surface area contributed by atoms with Crippen molar-refractivity contribution < 1.29 is 4.74 Å². The molecule has 5 heteroatoms. The number of fused-ring (bicyclic) bond motifs is 1. The standard InChI is InChI=1S/C14H11ClN2OS/c1-8-9(2)19-14-12(8)13(16-7-17-14)18-11-6-4-3-5-10(11)15/h3-7H,1-2H3. The molecule has 0 N–H and O–H groups in total. The summed E-state index contributed by atoms with van der Waals surface area (Å²) in [5, 5.41) is 1.53. The number of benzene rings is 1. The Hall–Kier alpha value is -1.65. The topological polar surface area (TPSA) is 35.0 Å². The number of rotatable bonds is 2. The van der Waals surface area contributed by atoms with Gasteiger partial charge < -0.3 is 4.74 Å². The summed E-state index contributed by atoms with van der Waals surface area (Å²) < 4.78 is 5.84. The summed E-state index contributed by atoms with van der Waals surface area (Å²) in [5.74, 6) is 1.16. The summed E-state index contributed by atoms with van der Waals surface area (Å²) in [7, 11) is 0. The molecule has 0 aliphatic rings. The molecular formula is C14H11ClN2OS. The molecule has 3 aromatic rings. The van der Waals surface area contributed by atoms with Crippen LogP contribution in [0.5, 0.6) is 11.6 Å². The summed E-state index contributed by atoms with van der Waals surface area (Å²) in [4.78, 5) is 10.7. The van der Waals surface area contributed by atoms with Gasteiger partial charge in [-0.25, -0.2) is 9.97 Å². The Labute approximate surface area is 119 Å². The number of halogens is 1. The number of hydrogen-bond donors (Lipinski definition) is 0. The second-order valence-electron chi connectivity index (χ2n) is 4.17. The lowest BCUT2D eigenvalue weighted by molar-refractivity contribution is 0.468. The molecule has 2 heterocycles. The van der Waals surface area contributed by atoms with Gasteiger partial charge in [-0.2, -0.15) is 0 Å². The summed E-state index contributed by atoms with van der Waals surface area (Å²) in [6.07, 6.45) is 1.52. The molecule has 0 amide bonds. The normalized spacial score (nSPS) is 10.9. The van der Waals surface area contributed by atoms with Gasteiger partial charge in [-0.3, -0.25) is 0 Å². The third-order valence-electron chi connectivity index (χ3n) is 2.97. The minimum Gasteiger partial charge on any atom is -0.437 e. The number of ether oxygens (including phenoxy) is 1. The Balaban J connectivity index is 2.13. The largest absolute Gasteiger partial charge is 0.437 e. The van der Waals surface area contributed by atoms with Crippen LogP contribution in [0.1, 0.15) is 10.4 Å². The quantitative estimate of drug-likeness (QED) is 0.683. The highest BCUT2D eigenvalue weighted by molar-refractivity contribution is 7.18. The van der Waals surface area contributed by atoms with Crippen molar-refractivity contribution >= 4 is 33.2 Å². The fourth-order valence-electron chi connectivity index (χ4n) is 1.86. The first-order valence-electron chi connectivity index (χ1n) is 5.80. The highest BCUT2D eigenvalue weighted by Crippen LogP contribution is 2.37. The van der Waals surface area contributed by atoms with E-state index in [1.807, 2.05) is 18.2 Å². The molecule has 0 aliphatic heterocycles. The smallest absolute Gasteiger partial charge is 0.231 e. The predicted molar refractivity (Wildman–Crippen MR) is 78.4 cm³/mol. The Morgan fingerprint density at radius 1 is 1.16 bits per heavy atom. The summed E-state index contributed by atoms with van der Waals surface area (Å²) in [6.45, 7) is 4.12. The highest BCUT2D eigenvalue weighted by Gasteiger charge is 2.14. The van der Waals surface area contributed by atoms with Gasteiger partial charge in [-0.15, -0.1) is 11.3 Å². The maximum Gasteiger partial charge on any atom is 0.231 e. The number of aromatic nitrogens is 2. The molecule has 1 aromatic carbocycles. The molecule has 0 bridgehead atoms. The van der Waals surface area contributed by atoms with Crippen molar-refractivity contribution in [3.8, 4) is 11.6 Å². The zero-order valence-electron chi connectivity index (χ0n) is 10.5. The average molecular weight is 291 g/mol. The summed E-state index contributed by atoms with van der Waals surface area (Å²) in [6, 6.07) is 7.36. The molecule has 96 valence electrons. The van der Waals surface area contributed by atoms with Gasteiger partial charge >= 0.3 is 0 Å². The third kappa shape index (κ3) is 2.17. The van der Waals surface area contributed by atoms with Gasteiger partial charge in [0, 0.05) is 4.88 Å². The van der Waals surface area contributed by atoms with Crippen LogP contribution in [0.3, 0.4) is 0 Å². The van der Waals surface area contributed by atoms with E-state index in [1.54, 1.807) is 17.4 Å². The molecule has 3 rings (SSSR count). The molecule has 3 nitrogen and oxygen atoms in total. The van der Waals surface area contributed by atoms with Crippen molar-refractivity contribution in [1.29, 1.82) is 0 Å². The van der Waals surface area contributed by atoms with E-state index in [2.05, 4.69) is 23.8 Å². The Bertz CT molecular complexity index is 754.